The van der Waals surface area contributed by atoms with Gasteiger partial charge in [0.2, 0.25) is 0 Å². The van der Waals surface area contributed by atoms with Gasteiger partial charge in [-0.05, 0) is 12.8 Å². The Hall–Kier alpha value is -1.02. The molecule has 152 valence electrons. The summed E-state index contributed by atoms with van der Waals surface area (Å²) in [5.41, 5.74) is 0.956. The molecule has 1 aromatic rings. The highest BCUT2D eigenvalue weighted by Crippen LogP contribution is 2.35. The van der Waals surface area contributed by atoms with Crippen molar-refractivity contribution in [3.8, 4) is 0 Å². The molecule has 6 heteroatoms. The van der Waals surface area contributed by atoms with Gasteiger partial charge in [-0.3, -0.25) is 0 Å². The summed E-state index contributed by atoms with van der Waals surface area (Å²) in [6.45, 7) is 5.73. The highest BCUT2D eigenvalue weighted by atomic mass is 16.7. The molecular formula is C21H32O6. The first kappa shape index (κ1) is 20.7. The van der Waals surface area contributed by atoms with Crippen LogP contribution in [0.15, 0.2) is 30.3 Å². The number of ether oxygens (including phenoxy) is 5. The van der Waals surface area contributed by atoms with E-state index >= 15 is 0 Å². The van der Waals surface area contributed by atoms with Crippen molar-refractivity contribution >= 4 is 0 Å². The van der Waals surface area contributed by atoms with E-state index < -0.39 is 24.8 Å². The van der Waals surface area contributed by atoms with Crippen LogP contribution in [0.25, 0.3) is 0 Å². The highest BCUT2D eigenvalue weighted by Gasteiger charge is 2.50. The standard InChI is InChI=1S/C21H32O6/c1-3-5-12-23-18-17-16(26-20(22)19(18)24-13-6-4-2)14-25-21(27-17)15-10-8-7-9-11-15/h7-11,16-22H,3-6,12-14H2,1-2H3/t16?,17-,18?,19-,20?,21?/m0/s1. The summed E-state index contributed by atoms with van der Waals surface area (Å²) in [5.74, 6) is 0. The van der Waals surface area contributed by atoms with Gasteiger partial charge in [0.15, 0.2) is 12.6 Å². The molecule has 3 rings (SSSR count). The van der Waals surface area contributed by atoms with Gasteiger partial charge in [0.1, 0.15) is 24.4 Å². The zero-order chi connectivity index (χ0) is 19.1. The molecule has 6 atom stereocenters. The van der Waals surface area contributed by atoms with Gasteiger partial charge >= 0.3 is 0 Å². The minimum atomic E-state index is -1.05. The highest BCUT2D eigenvalue weighted by molar-refractivity contribution is 5.16. The Bertz CT molecular complexity index is 539. The van der Waals surface area contributed by atoms with E-state index in [0.717, 1.165) is 31.2 Å². The third-order valence-electron chi connectivity index (χ3n) is 4.99. The van der Waals surface area contributed by atoms with Crippen molar-refractivity contribution in [3.05, 3.63) is 35.9 Å². The molecule has 0 spiro atoms. The molecule has 0 radical (unpaired) electrons. The molecule has 2 saturated heterocycles. The van der Waals surface area contributed by atoms with Crippen LogP contribution in [0.1, 0.15) is 51.4 Å². The molecular weight excluding hydrogens is 348 g/mol. The number of fused-ring (bicyclic) bond motifs is 1. The quantitative estimate of drug-likeness (QED) is 0.664. The van der Waals surface area contributed by atoms with E-state index in [9.17, 15) is 5.11 Å². The van der Waals surface area contributed by atoms with E-state index in [1.165, 1.54) is 0 Å². The fraction of sp³-hybridized carbons (Fsp3) is 0.714. The molecule has 2 aliphatic rings. The van der Waals surface area contributed by atoms with Crippen LogP contribution in [0.2, 0.25) is 0 Å². The van der Waals surface area contributed by atoms with Crippen LogP contribution in [-0.4, -0.2) is 55.6 Å². The minimum Gasteiger partial charge on any atom is -0.372 e. The lowest BCUT2D eigenvalue weighted by atomic mass is 9.97. The van der Waals surface area contributed by atoms with Crippen molar-refractivity contribution < 1.29 is 28.8 Å². The van der Waals surface area contributed by atoms with E-state index in [1.54, 1.807) is 0 Å². The van der Waals surface area contributed by atoms with Gasteiger partial charge in [-0.15, -0.1) is 0 Å². The first-order chi connectivity index (χ1) is 13.2. The summed E-state index contributed by atoms with van der Waals surface area (Å²) in [4.78, 5) is 0. The maximum Gasteiger partial charge on any atom is 0.184 e. The summed E-state index contributed by atoms with van der Waals surface area (Å²) in [5, 5.41) is 10.5. The van der Waals surface area contributed by atoms with Gasteiger partial charge in [-0.2, -0.15) is 0 Å². The average Bonchev–Trinajstić information content (AvgIpc) is 2.70. The van der Waals surface area contributed by atoms with E-state index in [4.69, 9.17) is 23.7 Å². The van der Waals surface area contributed by atoms with Crippen molar-refractivity contribution in [2.45, 2.75) is 76.5 Å². The number of aliphatic hydroxyl groups is 1. The van der Waals surface area contributed by atoms with Crippen LogP contribution in [0.4, 0.5) is 0 Å². The van der Waals surface area contributed by atoms with Gasteiger partial charge in [0.05, 0.1) is 6.61 Å². The molecule has 2 heterocycles. The minimum absolute atomic E-state index is 0.344. The smallest absolute Gasteiger partial charge is 0.184 e. The molecule has 0 saturated carbocycles. The van der Waals surface area contributed by atoms with Crippen molar-refractivity contribution in [3.63, 3.8) is 0 Å². The lowest BCUT2D eigenvalue weighted by Gasteiger charge is -2.47. The van der Waals surface area contributed by atoms with Crippen molar-refractivity contribution in [2.75, 3.05) is 19.8 Å². The van der Waals surface area contributed by atoms with Crippen LogP contribution in [0.3, 0.4) is 0 Å². The van der Waals surface area contributed by atoms with Crippen LogP contribution >= 0.6 is 0 Å². The van der Waals surface area contributed by atoms with Gasteiger partial charge in [0, 0.05) is 18.8 Å². The Balaban J connectivity index is 1.73. The predicted octanol–water partition coefficient (Wildman–Crippen LogP) is 3.19. The summed E-state index contributed by atoms with van der Waals surface area (Å²) in [6, 6.07) is 9.84. The Morgan fingerprint density at radius 3 is 2.30 bits per heavy atom. The molecule has 27 heavy (non-hydrogen) atoms. The fourth-order valence-corrected chi connectivity index (χ4v) is 3.44. The Morgan fingerprint density at radius 2 is 1.63 bits per heavy atom. The summed E-state index contributed by atoms with van der Waals surface area (Å²) >= 11 is 0. The third kappa shape index (κ3) is 5.28. The summed E-state index contributed by atoms with van der Waals surface area (Å²) < 4.78 is 29.9. The maximum absolute atomic E-state index is 10.5. The summed E-state index contributed by atoms with van der Waals surface area (Å²) in [6.07, 6.45) is 0.737. The fourth-order valence-electron chi connectivity index (χ4n) is 3.44. The van der Waals surface area contributed by atoms with Gasteiger partial charge in [-0.25, -0.2) is 0 Å². The summed E-state index contributed by atoms with van der Waals surface area (Å²) in [7, 11) is 0. The monoisotopic (exact) mass is 380 g/mol. The van der Waals surface area contributed by atoms with Gasteiger partial charge in [-0.1, -0.05) is 57.0 Å². The number of aliphatic hydroxyl groups excluding tert-OH is 1. The maximum atomic E-state index is 10.5. The molecule has 1 aromatic carbocycles. The zero-order valence-corrected chi connectivity index (χ0v) is 16.3. The number of benzene rings is 1. The molecule has 6 nitrogen and oxygen atoms in total. The predicted molar refractivity (Wildman–Crippen MR) is 100 cm³/mol. The van der Waals surface area contributed by atoms with Crippen LogP contribution in [-0.2, 0) is 23.7 Å². The molecule has 0 bridgehead atoms. The third-order valence-corrected chi connectivity index (χ3v) is 4.99. The van der Waals surface area contributed by atoms with Crippen molar-refractivity contribution in [2.24, 2.45) is 0 Å². The molecule has 2 aliphatic heterocycles. The Kier molecular flexibility index (Phi) is 8.06. The largest absolute Gasteiger partial charge is 0.372 e. The normalized spacial score (nSPS) is 33.6. The second-order valence-corrected chi connectivity index (χ2v) is 7.12. The molecule has 1 N–H and O–H groups in total. The molecule has 2 fully saturated rings. The van der Waals surface area contributed by atoms with Crippen LogP contribution < -0.4 is 0 Å². The lowest BCUT2D eigenvalue weighted by Crippen LogP contribution is -2.63. The van der Waals surface area contributed by atoms with Crippen molar-refractivity contribution in [1.29, 1.82) is 0 Å². The van der Waals surface area contributed by atoms with Crippen molar-refractivity contribution in [1.82, 2.24) is 0 Å². The van der Waals surface area contributed by atoms with Gasteiger partial charge < -0.3 is 28.8 Å². The molecule has 0 aliphatic carbocycles. The number of rotatable bonds is 9. The zero-order valence-electron chi connectivity index (χ0n) is 16.3. The first-order valence-corrected chi connectivity index (χ1v) is 10.1. The van der Waals surface area contributed by atoms with Crippen LogP contribution in [0.5, 0.6) is 0 Å². The number of unbranched alkanes of at least 4 members (excludes halogenated alkanes) is 2. The average molecular weight is 380 g/mol. The topological polar surface area (TPSA) is 66.4 Å². The van der Waals surface area contributed by atoms with E-state index in [0.29, 0.717) is 19.8 Å². The second-order valence-electron chi connectivity index (χ2n) is 7.12. The molecule has 0 amide bonds. The second kappa shape index (κ2) is 10.5. The molecule has 0 aromatic heterocycles. The Morgan fingerprint density at radius 1 is 0.963 bits per heavy atom. The molecule has 4 unspecified atom stereocenters. The SMILES string of the molecule is CCCCOC1[C@H](OCCCC)C(O)OC2COC(c3ccccc3)O[C@@H]21. The van der Waals surface area contributed by atoms with E-state index in [-0.39, 0.29) is 12.2 Å². The van der Waals surface area contributed by atoms with Crippen LogP contribution in [0, 0.1) is 0 Å². The van der Waals surface area contributed by atoms with Gasteiger partial charge in [0.25, 0.3) is 0 Å². The Labute approximate surface area is 161 Å². The van der Waals surface area contributed by atoms with E-state index in [2.05, 4.69) is 13.8 Å². The lowest BCUT2D eigenvalue weighted by molar-refractivity contribution is -0.364. The number of hydrogen-bond donors (Lipinski definition) is 1. The number of hydrogen-bond acceptors (Lipinski definition) is 6. The first-order valence-electron chi connectivity index (χ1n) is 10.1. The van der Waals surface area contributed by atoms with E-state index in [1.807, 2.05) is 30.3 Å².